The highest BCUT2D eigenvalue weighted by Gasteiger charge is 2.31. The Morgan fingerprint density at radius 3 is 2.47 bits per heavy atom. The molecule has 1 amide bonds. The average molecular weight is 419 g/mol. The zero-order chi connectivity index (χ0) is 22.2. The molecular weight excluding hydrogens is 399 g/mol. The minimum atomic E-state index is -4.51. The van der Waals surface area contributed by atoms with Gasteiger partial charge in [0.2, 0.25) is 0 Å². The number of Topliss-reactive ketones (excluding diaryl/α,β-unsaturated/α-hetero) is 1. The van der Waals surface area contributed by atoms with Gasteiger partial charge in [0.15, 0.2) is 0 Å². The van der Waals surface area contributed by atoms with Gasteiger partial charge in [0, 0.05) is 12.1 Å². The summed E-state index contributed by atoms with van der Waals surface area (Å²) in [4.78, 5) is 25.3. The number of aromatic nitrogens is 4. The van der Waals surface area contributed by atoms with Crippen LogP contribution in [-0.4, -0.2) is 31.3 Å². The molecule has 10 heteroatoms. The molecule has 2 heterocycles. The zero-order valence-corrected chi connectivity index (χ0v) is 16.8. The third-order valence-electron chi connectivity index (χ3n) is 4.54. The SMILES string of the molecule is Cc1nn(-c2cccc(C(F)(F)F)c2)c(C)c1C(=O)C(=O)Nc1ccnn1C(C)C. The first-order valence-electron chi connectivity index (χ1n) is 9.13. The number of rotatable bonds is 5. The molecule has 0 radical (unpaired) electrons. The van der Waals surface area contributed by atoms with E-state index in [0.29, 0.717) is 5.82 Å². The van der Waals surface area contributed by atoms with Crippen molar-refractivity contribution in [2.75, 3.05) is 5.32 Å². The lowest BCUT2D eigenvalue weighted by Crippen LogP contribution is -2.25. The van der Waals surface area contributed by atoms with Crippen LogP contribution in [0.3, 0.4) is 0 Å². The number of carbonyl (C=O) groups excluding carboxylic acids is 2. The van der Waals surface area contributed by atoms with Gasteiger partial charge in [0.05, 0.1) is 34.4 Å². The molecule has 3 rings (SSSR count). The van der Waals surface area contributed by atoms with Crippen molar-refractivity contribution in [3.63, 3.8) is 0 Å². The Morgan fingerprint density at radius 1 is 1.13 bits per heavy atom. The summed E-state index contributed by atoms with van der Waals surface area (Å²) < 4.78 is 41.9. The molecule has 0 aliphatic carbocycles. The fourth-order valence-electron chi connectivity index (χ4n) is 3.15. The summed E-state index contributed by atoms with van der Waals surface area (Å²) in [7, 11) is 0. The second-order valence-corrected chi connectivity index (χ2v) is 7.04. The molecule has 0 spiro atoms. The van der Waals surface area contributed by atoms with Gasteiger partial charge in [-0.2, -0.15) is 23.4 Å². The van der Waals surface area contributed by atoms with Gasteiger partial charge < -0.3 is 5.32 Å². The fraction of sp³-hybridized carbons (Fsp3) is 0.300. The summed E-state index contributed by atoms with van der Waals surface area (Å²) in [6.45, 7) is 6.80. The van der Waals surface area contributed by atoms with Crippen LogP contribution in [0.1, 0.15) is 47.2 Å². The highest BCUT2D eigenvalue weighted by Crippen LogP contribution is 2.31. The summed E-state index contributed by atoms with van der Waals surface area (Å²) in [6, 6.07) is 6.14. The van der Waals surface area contributed by atoms with Crippen molar-refractivity contribution in [1.82, 2.24) is 19.6 Å². The van der Waals surface area contributed by atoms with Crippen molar-refractivity contribution < 1.29 is 22.8 Å². The smallest absolute Gasteiger partial charge is 0.304 e. The third-order valence-corrected chi connectivity index (χ3v) is 4.54. The molecule has 2 aromatic heterocycles. The lowest BCUT2D eigenvalue weighted by atomic mass is 10.1. The zero-order valence-electron chi connectivity index (χ0n) is 16.8. The standard InChI is InChI=1S/C20H20F3N5O2/c1-11(2)27-16(8-9-24-27)25-19(30)18(29)17-12(3)26-28(13(17)4)15-7-5-6-14(10-15)20(21,22)23/h5-11H,1-4H3,(H,25,30). The van der Waals surface area contributed by atoms with E-state index in [1.807, 2.05) is 13.8 Å². The van der Waals surface area contributed by atoms with Crippen molar-refractivity contribution in [2.45, 2.75) is 39.9 Å². The van der Waals surface area contributed by atoms with E-state index < -0.39 is 23.4 Å². The quantitative estimate of drug-likeness (QED) is 0.499. The van der Waals surface area contributed by atoms with Crippen molar-refractivity contribution in [3.8, 4) is 5.69 Å². The Bertz CT molecular complexity index is 1110. The lowest BCUT2D eigenvalue weighted by Gasteiger charge is -2.11. The van der Waals surface area contributed by atoms with Crippen LogP contribution in [0, 0.1) is 13.8 Å². The highest BCUT2D eigenvalue weighted by molar-refractivity contribution is 6.47. The Balaban J connectivity index is 1.93. The van der Waals surface area contributed by atoms with Crippen molar-refractivity contribution in [1.29, 1.82) is 0 Å². The Labute approximate surface area is 170 Å². The summed E-state index contributed by atoms with van der Waals surface area (Å²) in [5.41, 5.74) is -0.143. The van der Waals surface area contributed by atoms with Gasteiger partial charge in [-0.15, -0.1) is 0 Å². The lowest BCUT2D eigenvalue weighted by molar-refractivity contribution is -0.137. The average Bonchev–Trinajstić information content (AvgIpc) is 3.24. The summed E-state index contributed by atoms with van der Waals surface area (Å²) in [6.07, 6.45) is -3.01. The Hall–Kier alpha value is -3.43. The molecule has 0 saturated carbocycles. The number of hydrogen-bond donors (Lipinski definition) is 1. The van der Waals surface area contributed by atoms with E-state index in [-0.39, 0.29) is 28.7 Å². The van der Waals surface area contributed by atoms with E-state index in [0.717, 1.165) is 12.1 Å². The number of anilines is 1. The Morgan fingerprint density at radius 2 is 1.83 bits per heavy atom. The van der Waals surface area contributed by atoms with Crippen LogP contribution in [0.2, 0.25) is 0 Å². The molecule has 0 fully saturated rings. The van der Waals surface area contributed by atoms with Crippen LogP contribution in [0.4, 0.5) is 19.0 Å². The molecule has 0 bridgehead atoms. The number of benzene rings is 1. The summed E-state index contributed by atoms with van der Waals surface area (Å²) in [5, 5.41) is 10.8. The van der Waals surface area contributed by atoms with Crippen molar-refractivity contribution in [2.24, 2.45) is 0 Å². The van der Waals surface area contributed by atoms with Crippen molar-refractivity contribution >= 4 is 17.5 Å². The van der Waals surface area contributed by atoms with Crippen LogP contribution < -0.4 is 5.32 Å². The molecule has 30 heavy (non-hydrogen) atoms. The van der Waals surface area contributed by atoms with Crippen LogP contribution in [0.15, 0.2) is 36.5 Å². The highest BCUT2D eigenvalue weighted by atomic mass is 19.4. The topological polar surface area (TPSA) is 81.8 Å². The predicted molar refractivity (Wildman–Crippen MR) is 104 cm³/mol. The number of aryl methyl sites for hydroxylation is 1. The molecule has 0 atom stereocenters. The largest absolute Gasteiger partial charge is 0.416 e. The molecule has 1 aromatic carbocycles. The number of amides is 1. The van der Waals surface area contributed by atoms with Gasteiger partial charge in [0.25, 0.3) is 11.7 Å². The number of halogens is 3. The van der Waals surface area contributed by atoms with E-state index in [1.165, 1.54) is 36.9 Å². The van der Waals surface area contributed by atoms with Crippen LogP contribution in [0.25, 0.3) is 5.69 Å². The molecule has 0 saturated heterocycles. The third kappa shape index (κ3) is 3.98. The van der Waals surface area contributed by atoms with Crippen LogP contribution in [0.5, 0.6) is 0 Å². The fourth-order valence-corrected chi connectivity index (χ4v) is 3.15. The van der Waals surface area contributed by atoms with E-state index in [4.69, 9.17) is 0 Å². The van der Waals surface area contributed by atoms with Gasteiger partial charge in [-0.1, -0.05) is 6.07 Å². The number of nitrogens with zero attached hydrogens (tertiary/aromatic N) is 4. The number of nitrogens with one attached hydrogen (secondary N) is 1. The number of ketones is 1. The molecule has 158 valence electrons. The molecular formula is C20H20F3N5O2. The van der Waals surface area contributed by atoms with Crippen molar-refractivity contribution in [3.05, 3.63) is 59.0 Å². The normalized spacial score (nSPS) is 11.7. The minimum absolute atomic E-state index is 0.0301. The van der Waals surface area contributed by atoms with Crippen LogP contribution >= 0.6 is 0 Å². The summed E-state index contributed by atoms with van der Waals surface area (Å²) in [5.74, 6) is -1.35. The first-order chi connectivity index (χ1) is 14.0. The Kier molecular flexibility index (Phi) is 5.51. The van der Waals surface area contributed by atoms with Crippen LogP contribution in [-0.2, 0) is 11.0 Å². The second kappa shape index (κ2) is 7.77. The van der Waals surface area contributed by atoms with E-state index >= 15 is 0 Å². The first kappa shape index (κ1) is 21.3. The predicted octanol–water partition coefficient (Wildman–Crippen LogP) is 4.11. The van der Waals surface area contributed by atoms with Gasteiger partial charge >= 0.3 is 6.18 Å². The molecule has 1 N–H and O–H groups in total. The number of alkyl halides is 3. The maximum Gasteiger partial charge on any atom is 0.416 e. The van der Waals surface area contributed by atoms with Gasteiger partial charge in [-0.25, -0.2) is 9.36 Å². The minimum Gasteiger partial charge on any atom is -0.304 e. The molecule has 0 aliphatic rings. The molecule has 7 nitrogen and oxygen atoms in total. The molecule has 3 aromatic rings. The van der Waals surface area contributed by atoms with Gasteiger partial charge in [-0.3, -0.25) is 9.59 Å². The first-order valence-corrected chi connectivity index (χ1v) is 9.13. The second-order valence-electron chi connectivity index (χ2n) is 7.04. The van der Waals surface area contributed by atoms with Gasteiger partial charge in [-0.05, 0) is 45.9 Å². The molecule has 0 aliphatic heterocycles. The monoisotopic (exact) mass is 419 g/mol. The number of carbonyl (C=O) groups is 2. The van der Waals surface area contributed by atoms with Gasteiger partial charge in [0.1, 0.15) is 5.82 Å². The summed E-state index contributed by atoms with van der Waals surface area (Å²) >= 11 is 0. The number of hydrogen-bond acceptors (Lipinski definition) is 4. The maximum atomic E-state index is 13.0. The maximum absolute atomic E-state index is 13.0. The van der Waals surface area contributed by atoms with E-state index in [2.05, 4.69) is 15.5 Å². The molecule has 0 unspecified atom stereocenters. The van der Waals surface area contributed by atoms with E-state index in [1.54, 1.807) is 10.7 Å². The van der Waals surface area contributed by atoms with E-state index in [9.17, 15) is 22.8 Å².